The zero-order chi connectivity index (χ0) is 12.0. The fraction of sp³-hybridized carbons (Fsp3) is 0.500. The lowest BCUT2D eigenvalue weighted by Gasteiger charge is -2.12. The molecule has 0 spiro atoms. The van der Waals surface area contributed by atoms with Gasteiger partial charge in [0.05, 0.1) is 11.9 Å². The molecule has 0 amide bonds. The van der Waals surface area contributed by atoms with Crippen molar-refractivity contribution in [3.63, 3.8) is 0 Å². The molecule has 0 radical (unpaired) electrons. The van der Waals surface area contributed by atoms with Gasteiger partial charge in [-0.3, -0.25) is 4.57 Å². The van der Waals surface area contributed by atoms with Crippen LogP contribution in [0.4, 0.5) is 0 Å². The molecule has 0 heterocycles. The highest BCUT2D eigenvalue weighted by molar-refractivity contribution is 7.61. The molecular weight excluding hydrogens is 223 g/mol. The molecule has 1 unspecified atom stereocenters. The van der Waals surface area contributed by atoms with E-state index in [9.17, 15) is 9.46 Å². The fourth-order valence-electron chi connectivity index (χ4n) is 1.35. The molecule has 0 saturated carbocycles. The highest BCUT2D eigenvalue weighted by Crippen LogP contribution is 2.40. The normalized spacial score (nSPS) is 14.7. The van der Waals surface area contributed by atoms with Gasteiger partial charge in [-0.15, -0.1) is 0 Å². The number of rotatable bonds is 6. The largest absolute Gasteiger partial charge is 0.358 e. The first-order valence-corrected chi connectivity index (χ1v) is 7.18. The summed E-state index contributed by atoms with van der Waals surface area (Å²) in [5, 5.41) is 0.370. The van der Waals surface area contributed by atoms with E-state index in [1.54, 1.807) is 12.1 Å². The third-order valence-corrected chi connectivity index (χ3v) is 3.86. The Balaban J connectivity index is 2.56. The van der Waals surface area contributed by atoms with Crippen molar-refractivity contribution >= 4 is 12.9 Å². The second-order valence-electron chi connectivity index (χ2n) is 3.90. The lowest BCUT2D eigenvalue weighted by Crippen LogP contribution is -2.07. The maximum absolute atomic E-state index is 11.8. The molecule has 0 aliphatic carbocycles. The fourth-order valence-corrected chi connectivity index (χ4v) is 2.40. The molecule has 90 valence electrons. The second-order valence-corrected chi connectivity index (χ2v) is 5.71. The van der Waals surface area contributed by atoms with Crippen molar-refractivity contribution in [2.75, 3.05) is 6.61 Å². The first-order chi connectivity index (χ1) is 7.56. The van der Waals surface area contributed by atoms with E-state index in [0.717, 1.165) is 24.8 Å². The molecule has 0 aliphatic rings. The molecule has 0 aliphatic heterocycles. The summed E-state index contributed by atoms with van der Waals surface area (Å²) in [6.07, 6.45) is 2.92. The van der Waals surface area contributed by atoms with Crippen molar-refractivity contribution in [1.82, 2.24) is 0 Å². The average molecular weight is 242 g/mol. The molecule has 0 fully saturated rings. The molecule has 1 atom stereocenters. The Kier molecular flexibility index (Phi) is 5.20. The molecule has 1 aromatic rings. The minimum Gasteiger partial charge on any atom is -0.321 e. The van der Waals surface area contributed by atoms with E-state index in [1.165, 1.54) is 0 Å². The minimum atomic E-state index is -3.60. The van der Waals surface area contributed by atoms with E-state index in [1.807, 2.05) is 19.1 Å². The van der Waals surface area contributed by atoms with Crippen molar-refractivity contribution in [2.45, 2.75) is 33.1 Å². The van der Waals surface area contributed by atoms with Gasteiger partial charge in [0.15, 0.2) is 0 Å². The van der Waals surface area contributed by atoms with Gasteiger partial charge in [-0.25, -0.2) is 0 Å². The summed E-state index contributed by atoms with van der Waals surface area (Å²) in [6, 6.07) is 6.92. The van der Waals surface area contributed by atoms with Crippen LogP contribution in [-0.2, 0) is 9.09 Å². The van der Waals surface area contributed by atoms with Gasteiger partial charge in [0.25, 0.3) is 0 Å². The average Bonchev–Trinajstić information content (AvgIpc) is 2.25. The number of benzene rings is 1. The molecule has 1 aromatic carbocycles. The van der Waals surface area contributed by atoms with Crippen LogP contribution < -0.4 is 5.30 Å². The Labute approximate surface area is 97.0 Å². The number of hydrogen-bond donors (Lipinski definition) is 1. The van der Waals surface area contributed by atoms with E-state index < -0.39 is 7.60 Å². The van der Waals surface area contributed by atoms with E-state index in [4.69, 9.17) is 4.52 Å². The molecular formula is C12H19O3P. The van der Waals surface area contributed by atoms with E-state index >= 15 is 0 Å². The Morgan fingerprint density at radius 2 is 1.88 bits per heavy atom. The molecule has 4 heteroatoms. The second kappa shape index (κ2) is 6.19. The van der Waals surface area contributed by atoms with E-state index in [2.05, 4.69) is 6.92 Å². The van der Waals surface area contributed by atoms with Crippen LogP contribution in [0.1, 0.15) is 31.7 Å². The van der Waals surface area contributed by atoms with Gasteiger partial charge in [-0.1, -0.05) is 37.5 Å². The summed E-state index contributed by atoms with van der Waals surface area (Å²) in [6.45, 7) is 4.36. The summed E-state index contributed by atoms with van der Waals surface area (Å²) >= 11 is 0. The van der Waals surface area contributed by atoms with Crippen molar-refractivity contribution < 1.29 is 14.0 Å². The lowest BCUT2D eigenvalue weighted by atomic mass is 10.2. The van der Waals surface area contributed by atoms with Crippen LogP contribution >= 0.6 is 7.60 Å². The van der Waals surface area contributed by atoms with Gasteiger partial charge in [0.2, 0.25) is 0 Å². The molecule has 0 bridgehead atoms. The van der Waals surface area contributed by atoms with Crippen LogP contribution in [0.25, 0.3) is 0 Å². The monoisotopic (exact) mass is 242 g/mol. The summed E-state index contributed by atoms with van der Waals surface area (Å²) in [5.41, 5.74) is 1.06. The SMILES string of the molecule is CCCCCOP(=O)(O)c1ccc(C)cc1. The third-order valence-electron chi connectivity index (χ3n) is 2.37. The maximum atomic E-state index is 11.8. The summed E-state index contributed by atoms with van der Waals surface area (Å²) < 4.78 is 16.9. The first-order valence-electron chi connectivity index (χ1n) is 5.61. The zero-order valence-electron chi connectivity index (χ0n) is 9.85. The minimum absolute atomic E-state index is 0.343. The van der Waals surface area contributed by atoms with Gasteiger partial charge in [0.1, 0.15) is 0 Å². The molecule has 16 heavy (non-hydrogen) atoms. The standard InChI is InChI=1S/C12H19O3P/c1-3-4-5-10-15-16(13,14)12-8-6-11(2)7-9-12/h6-9H,3-5,10H2,1-2H3,(H,13,14). The van der Waals surface area contributed by atoms with Crippen LogP contribution in [0, 0.1) is 6.92 Å². The van der Waals surface area contributed by atoms with Gasteiger partial charge in [-0.2, -0.15) is 0 Å². The van der Waals surface area contributed by atoms with Crippen molar-refractivity contribution in [2.24, 2.45) is 0 Å². The first kappa shape index (κ1) is 13.4. The molecule has 1 rings (SSSR count). The van der Waals surface area contributed by atoms with Crippen LogP contribution in [0.5, 0.6) is 0 Å². The smallest absolute Gasteiger partial charge is 0.321 e. The predicted molar refractivity (Wildman–Crippen MR) is 66.1 cm³/mol. The van der Waals surface area contributed by atoms with Crippen molar-refractivity contribution in [1.29, 1.82) is 0 Å². The van der Waals surface area contributed by atoms with E-state index in [-0.39, 0.29) is 0 Å². The highest BCUT2D eigenvalue weighted by Gasteiger charge is 2.21. The third kappa shape index (κ3) is 4.09. The van der Waals surface area contributed by atoms with Gasteiger partial charge >= 0.3 is 7.60 Å². The predicted octanol–water partition coefficient (Wildman–Crippen LogP) is 3.01. The maximum Gasteiger partial charge on any atom is 0.358 e. The Morgan fingerprint density at radius 1 is 1.25 bits per heavy atom. The van der Waals surface area contributed by atoms with Crippen molar-refractivity contribution in [3.8, 4) is 0 Å². The molecule has 0 aromatic heterocycles. The number of unbranched alkanes of at least 4 members (excludes halogenated alkanes) is 2. The number of aryl methyl sites for hydroxylation is 1. The lowest BCUT2D eigenvalue weighted by molar-refractivity contribution is 0.262. The van der Waals surface area contributed by atoms with Crippen LogP contribution in [0.2, 0.25) is 0 Å². The zero-order valence-corrected chi connectivity index (χ0v) is 10.7. The van der Waals surface area contributed by atoms with Crippen LogP contribution in [0.15, 0.2) is 24.3 Å². The quantitative estimate of drug-likeness (QED) is 0.616. The molecule has 1 N–H and O–H groups in total. The van der Waals surface area contributed by atoms with Gasteiger partial charge in [0, 0.05) is 0 Å². The number of hydrogen-bond acceptors (Lipinski definition) is 2. The Morgan fingerprint density at radius 3 is 2.44 bits per heavy atom. The summed E-state index contributed by atoms with van der Waals surface area (Å²) in [5.74, 6) is 0. The molecule has 0 saturated heterocycles. The van der Waals surface area contributed by atoms with Crippen LogP contribution in [-0.4, -0.2) is 11.5 Å². The summed E-state index contributed by atoms with van der Waals surface area (Å²) in [7, 11) is -3.60. The topological polar surface area (TPSA) is 46.5 Å². The highest BCUT2D eigenvalue weighted by atomic mass is 31.2. The van der Waals surface area contributed by atoms with Crippen molar-refractivity contribution in [3.05, 3.63) is 29.8 Å². The van der Waals surface area contributed by atoms with Gasteiger partial charge < -0.3 is 9.42 Å². The van der Waals surface area contributed by atoms with Gasteiger partial charge in [-0.05, 0) is 25.5 Å². The van der Waals surface area contributed by atoms with E-state index in [0.29, 0.717) is 11.9 Å². The Bertz CT molecular complexity index is 359. The molecule has 3 nitrogen and oxygen atoms in total. The Hall–Kier alpha value is -0.630. The van der Waals surface area contributed by atoms with Crippen LogP contribution in [0.3, 0.4) is 0 Å². The summed E-state index contributed by atoms with van der Waals surface area (Å²) in [4.78, 5) is 9.71.